The second-order valence-corrected chi connectivity index (χ2v) is 8.30. The summed E-state index contributed by atoms with van der Waals surface area (Å²) in [6, 6.07) is 23.9. The monoisotopic (exact) mass is 408 g/mol. The summed E-state index contributed by atoms with van der Waals surface area (Å²) in [5.74, 6) is -0.452. The van der Waals surface area contributed by atoms with Gasteiger partial charge in [-0.2, -0.15) is 0 Å². The normalized spacial score (nSPS) is 15.8. The average molecular weight is 409 g/mol. The van der Waals surface area contributed by atoms with Crippen LogP contribution < -0.4 is 4.90 Å². The molecule has 2 aliphatic rings. The molecule has 4 heteroatoms. The van der Waals surface area contributed by atoms with E-state index in [2.05, 4.69) is 6.07 Å². The molecule has 0 saturated heterocycles. The summed E-state index contributed by atoms with van der Waals surface area (Å²) in [6.07, 6.45) is 0.861. The molecule has 0 aromatic heterocycles. The fourth-order valence-electron chi connectivity index (χ4n) is 4.38. The summed E-state index contributed by atoms with van der Waals surface area (Å²) in [4.78, 5) is 30.6. The van der Waals surface area contributed by atoms with E-state index in [-0.39, 0.29) is 18.4 Å². The largest absolute Gasteiger partial charge is 0.336 e. The first kappa shape index (κ1) is 19.3. The molecule has 5 rings (SSSR count). The van der Waals surface area contributed by atoms with Crippen molar-refractivity contribution in [3.63, 3.8) is 0 Å². The van der Waals surface area contributed by atoms with Crippen molar-refractivity contribution in [2.75, 3.05) is 11.4 Å². The zero-order valence-electron chi connectivity index (χ0n) is 17.8. The minimum atomic E-state index is -0.228. The third kappa shape index (κ3) is 3.34. The maximum absolute atomic E-state index is 13.6. The maximum Gasteiger partial charge on any atom is 0.278 e. The Balaban J connectivity index is 1.60. The molecule has 0 unspecified atom stereocenters. The molecular weight excluding hydrogens is 384 g/mol. The van der Waals surface area contributed by atoms with E-state index in [0.717, 1.165) is 34.4 Å². The van der Waals surface area contributed by atoms with Crippen molar-refractivity contribution >= 4 is 23.1 Å². The number of hydrogen-bond donors (Lipinski definition) is 0. The van der Waals surface area contributed by atoms with Crippen LogP contribution in [0.3, 0.4) is 0 Å². The Bertz CT molecular complexity index is 1210. The van der Waals surface area contributed by atoms with E-state index in [4.69, 9.17) is 0 Å². The molecule has 2 heterocycles. The second-order valence-electron chi connectivity index (χ2n) is 8.30. The van der Waals surface area contributed by atoms with Crippen molar-refractivity contribution in [2.24, 2.45) is 0 Å². The van der Waals surface area contributed by atoms with Crippen LogP contribution in [0.5, 0.6) is 0 Å². The topological polar surface area (TPSA) is 40.6 Å². The SMILES string of the molecule is Cc1ccc(CN2C(=O)C(c3ccc(C)cc3)=C(N3CCc4ccccc43)C2=O)cc1. The summed E-state index contributed by atoms with van der Waals surface area (Å²) in [5.41, 5.74) is 7.20. The molecule has 0 aliphatic carbocycles. The lowest BCUT2D eigenvalue weighted by Crippen LogP contribution is -2.34. The van der Waals surface area contributed by atoms with Crippen LogP contribution in [0, 0.1) is 13.8 Å². The van der Waals surface area contributed by atoms with Gasteiger partial charge in [-0.15, -0.1) is 0 Å². The highest BCUT2D eigenvalue weighted by atomic mass is 16.2. The Morgan fingerprint density at radius 3 is 2.13 bits per heavy atom. The third-order valence-electron chi connectivity index (χ3n) is 6.10. The fraction of sp³-hybridized carbons (Fsp3) is 0.185. The average Bonchev–Trinajstić information content (AvgIpc) is 3.30. The lowest BCUT2D eigenvalue weighted by atomic mass is 10.0. The fourth-order valence-corrected chi connectivity index (χ4v) is 4.38. The van der Waals surface area contributed by atoms with Crippen LogP contribution in [0.4, 0.5) is 5.69 Å². The number of carbonyl (C=O) groups excluding carboxylic acids is 2. The van der Waals surface area contributed by atoms with Gasteiger partial charge in [0.25, 0.3) is 11.8 Å². The van der Waals surface area contributed by atoms with Crippen LogP contribution in [-0.2, 0) is 22.6 Å². The van der Waals surface area contributed by atoms with E-state index in [9.17, 15) is 9.59 Å². The quantitative estimate of drug-likeness (QED) is 0.590. The Kier molecular flexibility index (Phi) is 4.70. The van der Waals surface area contributed by atoms with E-state index in [1.165, 1.54) is 10.5 Å². The Hall–Kier alpha value is -3.66. The van der Waals surface area contributed by atoms with Gasteiger partial charge in [0.05, 0.1) is 12.1 Å². The van der Waals surface area contributed by atoms with Crippen LogP contribution in [-0.4, -0.2) is 23.3 Å². The minimum Gasteiger partial charge on any atom is -0.336 e. The molecule has 3 aromatic rings. The first-order chi connectivity index (χ1) is 15.0. The second kappa shape index (κ2) is 7.55. The third-order valence-corrected chi connectivity index (χ3v) is 6.10. The van der Waals surface area contributed by atoms with Crippen molar-refractivity contribution in [2.45, 2.75) is 26.8 Å². The molecule has 0 bridgehead atoms. The Morgan fingerprint density at radius 1 is 0.774 bits per heavy atom. The number of hydrogen-bond acceptors (Lipinski definition) is 3. The molecule has 0 spiro atoms. The van der Waals surface area contributed by atoms with Crippen molar-refractivity contribution in [1.82, 2.24) is 4.90 Å². The van der Waals surface area contributed by atoms with Crippen LogP contribution in [0.2, 0.25) is 0 Å². The molecule has 4 nitrogen and oxygen atoms in total. The van der Waals surface area contributed by atoms with Crippen molar-refractivity contribution in [1.29, 1.82) is 0 Å². The molecule has 2 amide bonds. The summed E-state index contributed by atoms with van der Waals surface area (Å²) < 4.78 is 0. The summed E-state index contributed by atoms with van der Waals surface area (Å²) in [7, 11) is 0. The van der Waals surface area contributed by atoms with E-state index < -0.39 is 0 Å². The van der Waals surface area contributed by atoms with Crippen molar-refractivity contribution in [3.05, 3.63) is 106 Å². The van der Waals surface area contributed by atoms with Gasteiger partial charge in [-0.1, -0.05) is 77.9 Å². The number of nitrogens with zero attached hydrogens (tertiary/aromatic N) is 2. The van der Waals surface area contributed by atoms with Gasteiger partial charge < -0.3 is 4.90 Å². The number of carbonyl (C=O) groups is 2. The van der Waals surface area contributed by atoms with Gasteiger partial charge in [-0.05, 0) is 43.0 Å². The van der Waals surface area contributed by atoms with E-state index >= 15 is 0 Å². The molecule has 154 valence electrons. The highest BCUT2D eigenvalue weighted by Gasteiger charge is 2.43. The molecule has 3 aromatic carbocycles. The molecule has 0 N–H and O–H groups in total. The van der Waals surface area contributed by atoms with Gasteiger partial charge >= 0.3 is 0 Å². The molecular formula is C27H24N2O2. The predicted molar refractivity (Wildman–Crippen MR) is 122 cm³/mol. The van der Waals surface area contributed by atoms with Crippen molar-refractivity contribution < 1.29 is 9.59 Å². The lowest BCUT2D eigenvalue weighted by Gasteiger charge is -2.22. The number of fused-ring (bicyclic) bond motifs is 1. The number of amides is 2. The smallest absolute Gasteiger partial charge is 0.278 e. The van der Waals surface area contributed by atoms with Crippen molar-refractivity contribution in [3.8, 4) is 0 Å². The highest BCUT2D eigenvalue weighted by molar-refractivity contribution is 6.36. The van der Waals surface area contributed by atoms with E-state index in [1.807, 2.05) is 85.5 Å². The number of para-hydroxylation sites is 1. The zero-order valence-corrected chi connectivity index (χ0v) is 17.8. The first-order valence-corrected chi connectivity index (χ1v) is 10.6. The van der Waals surface area contributed by atoms with Crippen LogP contribution >= 0.6 is 0 Å². The minimum absolute atomic E-state index is 0.224. The molecule has 31 heavy (non-hydrogen) atoms. The van der Waals surface area contributed by atoms with Crippen LogP contribution in [0.15, 0.2) is 78.5 Å². The van der Waals surface area contributed by atoms with E-state index in [1.54, 1.807) is 0 Å². The van der Waals surface area contributed by atoms with Crippen LogP contribution in [0.1, 0.15) is 27.8 Å². The van der Waals surface area contributed by atoms with Gasteiger partial charge in [0.15, 0.2) is 0 Å². The summed E-state index contributed by atoms with van der Waals surface area (Å²) in [6.45, 7) is 5.00. The number of rotatable bonds is 4. The van der Waals surface area contributed by atoms with E-state index in [0.29, 0.717) is 17.8 Å². The van der Waals surface area contributed by atoms with Gasteiger partial charge in [0, 0.05) is 12.2 Å². The standard InChI is InChI=1S/C27H24N2O2/c1-18-7-11-20(12-8-18)17-29-26(30)24(22-13-9-19(2)10-14-22)25(27(29)31)28-16-15-21-5-3-4-6-23(21)28/h3-14H,15-17H2,1-2H3. The molecule has 0 radical (unpaired) electrons. The first-order valence-electron chi connectivity index (χ1n) is 10.6. The van der Waals surface area contributed by atoms with Gasteiger partial charge in [0.2, 0.25) is 0 Å². The van der Waals surface area contributed by atoms with Gasteiger partial charge in [-0.3, -0.25) is 14.5 Å². The molecule has 0 fully saturated rings. The number of aryl methyl sites for hydroxylation is 2. The number of anilines is 1. The molecule has 0 atom stereocenters. The Morgan fingerprint density at radius 2 is 1.42 bits per heavy atom. The lowest BCUT2D eigenvalue weighted by molar-refractivity contribution is -0.137. The number of benzene rings is 3. The summed E-state index contributed by atoms with van der Waals surface area (Å²) in [5, 5.41) is 0. The highest BCUT2D eigenvalue weighted by Crippen LogP contribution is 2.39. The van der Waals surface area contributed by atoms with Gasteiger partial charge in [0.1, 0.15) is 5.70 Å². The maximum atomic E-state index is 13.6. The predicted octanol–water partition coefficient (Wildman–Crippen LogP) is 4.65. The zero-order chi connectivity index (χ0) is 21.5. The molecule has 2 aliphatic heterocycles. The van der Waals surface area contributed by atoms with Gasteiger partial charge in [-0.25, -0.2) is 0 Å². The Labute approximate surface area is 182 Å². The van der Waals surface area contributed by atoms with Crippen LogP contribution in [0.25, 0.3) is 5.57 Å². The summed E-state index contributed by atoms with van der Waals surface area (Å²) >= 11 is 0. The number of imide groups is 1. The molecule has 0 saturated carbocycles.